The maximum absolute atomic E-state index is 10.4. The molecule has 0 spiro atoms. The molecule has 0 aromatic carbocycles. The monoisotopic (exact) mass is 172 g/mol. The van der Waals surface area contributed by atoms with Crippen LogP contribution in [0, 0.1) is 11.8 Å². The van der Waals surface area contributed by atoms with Gasteiger partial charge in [0.1, 0.15) is 0 Å². The van der Waals surface area contributed by atoms with Crippen molar-refractivity contribution >= 4 is 5.97 Å². The molecule has 0 aliphatic heterocycles. The van der Waals surface area contributed by atoms with Crippen LogP contribution in [0.2, 0.25) is 0 Å². The Hall–Kier alpha value is -0.570. The normalized spacial score (nSPS) is 34.8. The van der Waals surface area contributed by atoms with Crippen LogP contribution in [0.25, 0.3) is 0 Å². The molecule has 0 amide bonds. The zero-order valence-electron chi connectivity index (χ0n) is 7.58. The first-order chi connectivity index (χ1) is 5.43. The highest BCUT2D eigenvalue weighted by Crippen LogP contribution is 2.41. The van der Waals surface area contributed by atoms with E-state index in [1.807, 2.05) is 13.8 Å². The highest BCUT2D eigenvalue weighted by atomic mass is 16.4. The fourth-order valence-electron chi connectivity index (χ4n) is 1.96. The molecular formula is C9H16O3. The molecular weight excluding hydrogens is 156 g/mol. The first kappa shape index (κ1) is 9.52. The number of hydrogen-bond donors (Lipinski definition) is 2. The summed E-state index contributed by atoms with van der Waals surface area (Å²) in [6, 6.07) is 0. The van der Waals surface area contributed by atoms with E-state index in [0.29, 0.717) is 18.8 Å². The molecule has 0 aromatic rings. The van der Waals surface area contributed by atoms with E-state index in [-0.39, 0.29) is 5.92 Å². The summed E-state index contributed by atoms with van der Waals surface area (Å²) in [5.41, 5.74) is -0.683. The largest absolute Gasteiger partial charge is 0.481 e. The number of carbonyl (C=O) groups is 1. The Morgan fingerprint density at radius 2 is 2.08 bits per heavy atom. The van der Waals surface area contributed by atoms with Crippen molar-refractivity contribution < 1.29 is 15.0 Å². The molecule has 3 heteroatoms. The minimum absolute atomic E-state index is 0.311. The van der Waals surface area contributed by atoms with Crippen LogP contribution >= 0.6 is 0 Å². The average molecular weight is 172 g/mol. The summed E-state index contributed by atoms with van der Waals surface area (Å²) in [7, 11) is 0. The first-order valence-corrected chi connectivity index (χ1v) is 4.38. The van der Waals surface area contributed by atoms with E-state index in [2.05, 4.69) is 0 Å². The Bertz CT molecular complexity index is 180. The van der Waals surface area contributed by atoms with Crippen molar-refractivity contribution in [2.24, 2.45) is 11.8 Å². The smallest absolute Gasteiger partial charge is 0.306 e. The van der Waals surface area contributed by atoms with E-state index in [4.69, 9.17) is 5.11 Å². The lowest BCUT2D eigenvalue weighted by atomic mass is 9.67. The highest BCUT2D eigenvalue weighted by Gasteiger charge is 2.46. The molecule has 12 heavy (non-hydrogen) atoms. The summed E-state index contributed by atoms with van der Waals surface area (Å²) in [6.45, 7) is 4.07. The summed E-state index contributed by atoms with van der Waals surface area (Å²) in [5, 5.41) is 18.3. The number of aliphatic carboxylic acids is 1. The van der Waals surface area contributed by atoms with Crippen LogP contribution in [0.1, 0.15) is 33.1 Å². The summed E-state index contributed by atoms with van der Waals surface area (Å²) in [4.78, 5) is 10.4. The lowest BCUT2D eigenvalue weighted by Crippen LogP contribution is -2.47. The molecule has 0 radical (unpaired) electrons. The minimum atomic E-state index is -0.775. The van der Waals surface area contributed by atoms with Gasteiger partial charge in [-0.25, -0.2) is 0 Å². The fraction of sp³-hybridized carbons (Fsp3) is 0.889. The molecule has 0 atom stereocenters. The summed E-state index contributed by atoms with van der Waals surface area (Å²) >= 11 is 0. The van der Waals surface area contributed by atoms with Gasteiger partial charge in [-0.3, -0.25) is 4.79 Å². The summed E-state index contributed by atoms with van der Waals surface area (Å²) < 4.78 is 0. The predicted octanol–water partition coefficient (Wildman–Crippen LogP) is 1.26. The summed E-state index contributed by atoms with van der Waals surface area (Å²) in [5.74, 6) is -0.651. The lowest BCUT2D eigenvalue weighted by Gasteiger charge is -2.42. The predicted molar refractivity (Wildman–Crippen MR) is 44.8 cm³/mol. The van der Waals surface area contributed by atoms with Gasteiger partial charge in [-0.05, 0) is 25.2 Å². The zero-order valence-corrected chi connectivity index (χ0v) is 7.58. The maximum atomic E-state index is 10.4. The average Bonchev–Trinajstić information content (AvgIpc) is 1.80. The van der Waals surface area contributed by atoms with Gasteiger partial charge < -0.3 is 10.2 Å². The van der Waals surface area contributed by atoms with Crippen LogP contribution < -0.4 is 0 Å². The van der Waals surface area contributed by atoms with E-state index in [9.17, 15) is 9.90 Å². The maximum Gasteiger partial charge on any atom is 0.306 e. The molecule has 1 aliphatic rings. The Morgan fingerprint density at radius 1 is 1.58 bits per heavy atom. The molecule has 0 aromatic heterocycles. The van der Waals surface area contributed by atoms with E-state index in [0.717, 1.165) is 6.42 Å². The lowest BCUT2D eigenvalue weighted by molar-refractivity contribution is -0.160. The topological polar surface area (TPSA) is 57.5 Å². The van der Waals surface area contributed by atoms with Crippen molar-refractivity contribution in [3.63, 3.8) is 0 Å². The molecule has 1 fully saturated rings. The Balaban J connectivity index is 2.35. The van der Waals surface area contributed by atoms with Crippen LogP contribution in [-0.4, -0.2) is 21.8 Å². The van der Waals surface area contributed by atoms with Crippen molar-refractivity contribution in [1.82, 2.24) is 0 Å². The van der Waals surface area contributed by atoms with Crippen LogP contribution in [0.15, 0.2) is 0 Å². The first-order valence-electron chi connectivity index (χ1n) is 4.38. The van der Waals surface area contributed by atoms with Gasteiger partial charge in [0, 0.05) is 0 Å². The Morgan fingerprint density at radius 3 is 2.42 bits per heavy atom. The second kappa shape index (κ2) is 3.05. The third-order valence-electron chi connectivity index (χ3n) is 2.39. The minimum Gasteiger partial charge on any atom is -0.481 e. The summed E-state index contributed by atoms with van der Waals surface area (Å²) in [6.07, 6.45) is 1.58. The van der Waals surface area contributed by atoms with Crippen LogP contribution in [-0.2, 0) is 4.79 Å². The van der Waals surface area contributed by atoms with Gasteiger partial charge in [0.2, 0.25) is 0 Å². The zero-order chi connectivity index (χ0) is 9.35. The molecule has 3 nitrogen and oxygen atoms in total. The van der Waals surface area contributed by atoms with E-state index in [1.54, 1.807) is 0 Å². The molecule has 0 bridgehead atoms. The Kier molecular flexibility index (Phi) is 2.42. The molecule has 1 rings (SSSR count). The molecule has 70 valence electrons. The van der Waals surface area contributed by atoms with Crippen molar-refractivity contribution in [3.05, 3.63) is 0 Å². The quantitative estimate of drug-likeness (QED) is 0.673. The van der Waals surface area contributed by atoms with Gasteiger partial charge in [-0.15, -0.1) is 0 Å². The molecule has 2 N–H and O–H groups in total. The molecule has 0 unspecified atom stereocenters. The number of carboxylic acid groups (broad SMARTS) is 1. The number of carboxylic acids is 1. The SMILES string of the molecule is CC(C)CC1(O)CC(C(=O)O)C1. The number of rotatable bonds is 3. The highest BCUT2D eigenvalue weighted by molar-refractivity contribution is 5.71. The van der Waals surface area contributed by atoms with E-state index in [1.165, 1.54) is 0 Å². The molecule has 0 heterocycles. The third-order valence-corrected chi connectivity index (χ3v) is 2.39. The second-order valence-corrected chi connectivity index (χ2v) is 4.27. The van der Waals surface area contributed by atoms with Gasteiger partial charge in [-0.1, -0.05) is 13.8 Å². The van der Waals surface area contributed by atoms with Gasteiger partial charge in [0.05, 0.1) is 11.5 Å². The van der Waals surface area contributed by atoms with Crippen molar-refractivity contribution in [2.75, 3.05) is 0 Å². The second-order valence-electron chi connectivity index (χ2n) is 4.27. The fourth-order valence-corrected chi connectivity index (χ4v) is 1.96. The van der Waals surface area contributed by atoms with Crippen LogP contribution in [0.4, 0.5) is 0 Å². The standard InChI is InChI=1S/C9H16O3/c1-6(2)3-9(12)4-7(5-9)8(10)11/h6-7,12H,3-5H2,1-2H3,(H,10,11). The van der Waals surface area contributed by atoms with Gasteiger partial charge in [0.15, 0.2) is 0 Å². The van der Waals surface area contributed by atoms with Crippen LogP contribution in [0.5, 0.6) is 0 Å². The third kappa shape index (κ3) is 1.97. The van der Waals surface area contributed by atoms with Crippen molar-refractivity contribution in [2.45, 2.75) is 38.7 Å². The molecule has 0 saturated heterocycles. The molecule has 1 saturated carbocycles. The van der Waals surface area contributed by atoms with Gasteiger partial charge in [0.25, 0.3) is 0 Å². The Labute approximate surface area is 72.4 Å². The van der Waals surface area contributed by atoms with Gasteiger partial charge in [-0.2, -0.15) is 0 Å². The van der Waals surface area contributed by atoms with E-state index < -0.39 is 11.6 Å². The van der Waals surface area contributed by atoms with Crippen molar-refractivity contribution in [3.8, 4) is 0 Å². The van der Waals surface area contributed by atoms with Crippen molar-refractivity contribution in [1.29, 1.82) is 0 Å². The van der Waals surface area contributed by atoms with Gasteiger partial charge >= 0.3 is 5.97 Å². The molecule has 1 aliphatic carbocycles. The van der Waals surface area contributed by atoms with E-state index >= 15 is 0 Å². The number of aliphatic hydroxyl groups is 1. The van der Waals surface area contributed by atoms with Crippen LogP contribution in [0.3, 0.4) is 0 Å². The number of hydrogen-bond acceptors (Lipinski definition) is 2.